The normalized spacial score (nSPS) is 22.1. The van der Waals surface area contributed by atoms with Gasteiger partial charge in [-0.2, -0.15) is 0 Å². The molecule has 0 aromatic heterocycles. The maximum atomic E-state index is 6.14. The molecular formula is C10H19NO. The second-order valence-electron chi connectivity index (χ2n) is 3.73. The van der Waals surface area contributed by atoms with Gasteiger partial charge in [0.2, 0.25) is 0 Å². The molecule has 70 valence electrons. The molecule has 0 radical (unpaired) electrons. The third-order valence-electron chi connectivity index (χ3n) is 2.47. The minimum absolute atomic E-state index is 0.0404. The van der Waals surface area contributed by atoms with E-state index in [1.165, 1.54) is 19.3 Å². The lowest BCUT2D eigenvalue weighted by atomic mass is 9.83. The zero-order valence-electron chi connectivity index (χ0n) is 7.72. The Morgan fingerprint density at radius 1 is 1.33 bits per heavy atom. The molecule has 1 aliphatic carbocycles. The molecule has 0 atom stereocenters. The van der Waals surface area contributed by atoms with Crippen LogP contribution in [-0.2, 0) is 4.74 Å². The maximum absolute atomic E-state index is 6.14. The van der Waals surface area contributed by atoms with Gasteiger partial charge in [-0.15, -0.1) is 6.58 Å². The van der Waals surface area contributed by atoms with Crippen molar-refractivity contribution in [2.24, 2.45) is 5.73 Å². The Morgan fingerprint density at radius 3 is 2.58 bits per heavy atom. The van der Waals surface area contributed by atoms with E-state index in [4.69, 9.17) is 10.5 Å². The van der Waals surface area contributed by atoms with Gasteiger partial charge in [0.25, 0.3) is 0 Å². The van der Waals surface area contributed by atoms with Crippen LogP contribution in [-0.4, -0.2) is 18.8 Å². The van der Waals surface area contributed by atoms with Crippen LogP contribution in [0.5, 0.6) is 0 Å². The fourth-order valence-corrected chi connectivity index (χ4v) is 1.75. The second-order valence-corrected chi connectivity index (χ2v) is 3.73. The van der Waals surface area contributed by atoms with Crippen molar-refractivity contribution < 1.29 is 4.74 Å². The van der Waals surface area contributed by atoms with Crippen LogP contribution in [0.3, 0.4) is 0 Å². The lowest BCUT2D eigenvalue weighted by Gasteiger charge is -2.32. The molecule has 12 heavy (non-hydrogen) atoms. The van der Waals surface area contributed by atoms with Gasteiger partial charge in [0.05, 0.1) is 13.2 Å². The van der Waals surface area contributed by atoms with Gasteiger partial charge in [-0.05, 0) is 12.8 Å². The molecular weight excluding hydrogens is 150 g/mol. The molecule has 0 bridgehead atoms. The summed E-state index contributed by atoms with van der Waals surface area (Å²) in [5.41, 5.74) is 6.10. The molecule has 1 saturated carbocycles. The van der Waals surface area contributed by atoms with Gasteiger partial charge in [-0.3, -0.25) is 0 Å². The Bertz CT molecular complexity index is 139. The third kappa shape index (κ3) is 2.95. The molecule has 1 fully saturated rings. The molecule has 0 unspecified atom stereocenters. The molecule has 0 saturated heterocycles. The number of rotatable bonds is 4. The summed E-state index contributed by atoms with van der Waals surface area (Å²) in [6, 6.07) is 0. The molecule has 0 amide bonds. The summed E-state index contributed by atoms with van der Waals surface area (Å²) in [5.74, 6) is 0. The Morgan fingerprint density at radius 2 is 2.00 bits per heavy atom. The Hall–Kier alpha value is -0.340. The molecule has 1 rings (SSSR count). The molecule has 0 heterocycles. The van der Waals surface area contributed by atoms with E-state index in [9.17, 15) is 0 Å². The summed E-state index contributed by atoms with van der Waals surface area (Å²) in [6.45, 7) is 4.92. The first-order valence-electron chi connectivity index (χ1n) is 4.74. The molecule has 2 nitrogen and oxygen atoms in total. The molecule has 0 spiro atoms. The monoisotopic (exact) mass is 169 g/mol. The molecule has 0 aromatic rings. The summed E-state index contributed by atoms with van der Waals surface area (Å²) < 4.78 is 5.38. The van der Waals surface area contributed by atoms with Gasteiger partial charge in [-0.1, -0.05) is 25.3 Å². The summed E-state index contributed by atoms with van der Waals surface area (Å²) >= 11 is 0. The van der Waals surface area contributed by atoms with E-state index in [1.807, 2.05) is 0 Å². The minimum atomic E-state index is -0.0404. The lowest BCUT2D eigenvalue weighted by Crippen LogP contribution is -2.46. The van der Waals surface area contributed by atoms with Crippen LogP contribution in [0, 0.1) is 0 Å². The summed E-state index contributed by atoms with van der Waals surface area (Å²) in [7, 11) is 0. The van der Waals surface area contributed by atoms with Crippen LogP contribution in [0.4, 0.5) is 0 Å². The van der Waals surface area contributed by atoms with Crippen molar-refractivity contribution >= 4 is 0 Å². The largest absolute Gasteiger partial charge is 0.376 e. The van der Waals surface area contributed by atoms with Crippen LogP contribution in [0.25, 0.3) is 0 Å². The fraction of sp³-hybridized carbons (Fsp3) is 0.800. The van der Waals surface area contributed by atoms with E-state index in [2.05, 4.69) is 6.58 Å². The van der Waals surface area contributed by atoms with Gasteiger partial charge in [0.1, 0.15) is 0 Å². The Kier molecular flexibility index (Phi) is 3.76. The molecule has 2 N–H and O–H groups in total. The topological polar surface area (TPSA) is 35.2 Å². The van der Waals surface area contributed by atoms with E-state index in [-0.39, 0.29) is 5.54 Å². The highest BCUT2D eigenvalue weighted by Crippen LogP contribution is 2.25. The number of ether oxygens (including phenoxy) is 1. The second kappa shape index (κ2) is 4.63. The van der Waals surface area contributed by atoms with Crippen molar-refractivity contribution in [3.8, 4) is 0 Å². The zero-order chi connectivity index (χ0) is 8.86. The maximum Gasteiger partial charge on any atom is 0.0650 e. The van der Waals surface area contributed by atoms with Crippen molar-refractivity contribution in [3.63, 3.8) is 0 Å². The standard InChI is InChI=1S/C10H19NO/c1-2-8-12-9-10(11)6-4-3-5-7-10/h2H,1,3-9,11H2. The highest BCUT2D eigenvalue weighted by atomic mass is 16.5. The highest BCUT2D eigenvalue weighted by molar-refractivity contribution is 4.87. The summed E-state index contributed by atoms with van der Waals surface area (Å²) in [4.78, 5) is 0. The molecule has 0 aliphatic heterocycles. The first kappa shape index (κ1) is 9.75. The first-order chi connectivity index (χ1) is 5.77. The number of hydrogen-bond acceptors (Lipinski definition) is 2. The van der Waals surface area contributed by atoms with Crippen molar-refractivity contribution in [1.82, 2.24) is 0 Å². The molecule has 0 aromatic carbocycles. The van der Waals surface area contributed by atoms with Crippen LogP contribution in [0.15, 0.2) is 12.7 Å². The van der Waals surface area contributed by atoms with Crippen molar-refractivity contribution in [1.29, 1.82) is 0 Å². The SMILES string of the molecule is C=CCOCC1(N)CCCCC1. The summed E-state index contributed by atoms with van der Waals surface area (Å²) in [5, 5.41) is 0. The predicted octanol–water partition coefficient (Wildman–Crippen LogP) is 1.85. The van der Waals surface area contributed by atoms with Crippen molar-refractivity contribution in [2.75, 3.05) is 13.2 Å². The van der Waals surface area contributed by atoms with E-state index in [0.29, 0.717) is 13.2 Å². The van der Waals surface area contributed by atoms with Gasteiger partial charge in [-0.25, -0.2) is 0 Å². The van der Waals surface area contributed by atoms with Gasteiger partial charge in [0, 0.05) is 5.54 Å². The molecule has 1 aliphatic rings. The predicted molar refractivity (Wildman–Crippen MR) is 51.0 cm³/mol. The average Bonchev–Trinajstić information content (AvgIpc) is 2.06. The van der Waals surface area contributed by atoms with Gasteiger partial charge >= 0.3 is 0 Å². The first-order valence-corrected chi connectivity index (χ1v) is 4.74. The average molecular weight is 169 g/mol. The minimum Gasteiger partial charge on any atom is -0.376 e. The van der Waals surface area contributed by atoms with Crippen molar-refractivity contribution in [2.45, 2.75) is 37.6 Å². The lowest BCUT2D eigenvalue weighted by molar-refractivity contribution is 0.0857. The number of nitrogens with two attached hydrogens (primary N) is 1. The van der Waals surface area contributed by atoms with E-state index < -0.39 is 0 Å². The zero-order valence-corrected chi connectivity index (χ0v) is 7.72. The van der Waals surface area contributed by atoms with E-state index in [1.54, 1.807) is 6.08 Å². The van der Waals surface area contributed by atoms with E-state index in [0.717, 1.165) is 12.8 Å². The third-order valence-corrected chi connectivity index (χ3v) is 2.47. The fourth-order valence-electron chi connectivity index (χ4n) is 1.75. The van der Waals surface area contributed by atoms with Crippen LogP contribution < -0.4 is 5.73 Å². The Balaban J connectivity index is 2.21. The van der Waals surface area contributed by atoms with Gasteiger partial charge < -0.3 is 10.5 Å². The summed E-state index contributed by atoms with van der Waals surface area (Å²) in [6.07, 6.45) is 7.85. The van der Waals surface area contributed by atoms with Crippen LogP contribution in [0.1, 0.15) is 32.1 Å². The smallest absolute Gasteiger partial charge is 0.0650 e. The van der Waals surface area contributed by atoms with Crippen LogP contribution in [0.2, 0.25) is 0 Å². The van der Waals surface area contributed by atoms with Crippen LogP contribution >= 0.6 is 0 Å². The highest BCUT2D eigenvalue weighted by Gasteiger charge is 2.27. The Labute approximate surface area is 74.8 Å². The van der Waals surface area contributed by atoms with Crippen molar-refractivity contribution in [3.05, 3.63) is 12.7 Å². The van der Waals surface area contributed by atoms with E-state index >= 15 is 0 Å². The number of hydrogen-bond donors (Lipinski definition) is 1. The quantitative estimate of drug-likeness (QED) is 0.515. The van der Waals surface area contributed by atoms with Gasteiger partial charge in [0.15, 0.2) is 0 Å². The molecule has 2 heteroatoms.